The molecule has 4 nitrogen and oxygen atoms in total. The van der Waals surface area contributed by atoms with Gasteiger partial charge in [-0.1, -0.05) is 12.2 Å². The number of nitrogens with one attached hydrogen (secondary N) is 1. The van der Waals surface area contributed by atoms with Crippen molar-refractivity contribution in [1.29, 1.82) is 0 Å². The minimum absolute atomic E-state index is 0.0139. The number of alkyl halides is 2. The smallest absolute Gasteiger partial charge is 0.269 e. The highest BCUT2D eigenvalue weighted by atomic mass is 32.1. The number of hydrogen-bond donors (Lipinski definition) is 1. The van der Waals surface area contributed by atoms with Crippen molar-refractivity contribution in [2.24, 2.45) is 0 Å². The molecule has 1 fully saturated rings. The fraction of sp³-hybridized carbons (Fsp3) is 0.462. The first-order valence-electron chi connectivity index (χ1n) is 6.24. The first kappa shape index (κ1) is 15.7. The normalized spacial score (nSPS) is 29.0. The van der Waals surface area contributed by atoms with Gasteiger partial charge in [0.1, 0.15) is 17.5 Å². The molecule has 0 spiro atoms. The van der Waals surface area contributed by atoms with E-state index in [0.717, 1.165) is 18.2 Å². The molecule has 1 aromatic rings. The van der Waals surface area contributed by atoms with Crippen LogP contribution in [0.5, 0.6) is 0 Å². The van der Waals surface area contributed by atoms with E-state index in [4.69, 9.17) is 12.2 Å². The maximum absolute atomic E-state index is 14.1. The number of nitrogens with zero attached hydrogens (tertiary/aromatic N) is 1. The number of nitro benzene ring substituents is 1. The van der Waals surface area contributed by atoms with Crippen molar-refractivity contribution in [3.05, 3.63) is 39.7 Å². The Labute approximate surface area is 124 Å². The molecule has 8 heteroatoms. The summed E-state index contributed by atoms with van der Waals surface area (Å²) < 4.78 is 40.8. The van der Waals surface area contributed by atoms with Gasteiger partial charge in [0.05, 0.1) is 10.5 Å². The van der Waals surface area contributed by atoms with Gasteiger partial charge >= 0.3 is 0 Å². The molecule has 2 rings (SSSR count). The number of rotatable bonds is 3. The molecular weight excluding hydrogens is 305 g/mol. The van der Waals surface area contributed by atoms with Crippen LogP contribution in [0.15, 0.2) is 18.2 Å². The van der Waals surface area contributed by atoms with E-state index in [-0.39, 0.29) is 29.1 Å². The van der Waals surface area contributed by atoms with Gasteiger partial charge in [0.25, 0.3) is 5.69 Å². The zero-order valence-corrected chi connectivity index (χ0v) is 12.0. The Morgan fingerprint density at radius 1 is 1.48 bits per heavy atom. The van der Waals surface area contributed by atoms with Crippen molar-refractivity contribution in [2.45, 2.75) is 31.0 Å². The van der Waals surface area contributed by atoms with Crippen LogP contribution in [0, 0.1) is 15.9 Å². The molecule has 0 amide bonds. The summed E-state index contributed by atoms with van der Waals surface area (Å²) >= 11 is 4.83. The summed E-state index contributed by atoms with van der Waals surface area (Å²) in [5, 5.41) is 13.4. The summed E-state index contributed by atoms with van der Waals surface area (Å²) in [6, 6.07) is 3.12. The van der Waals surface area contributed by atoms with Crippen molar-refractivity contribution in [2.75, 3.05) is 6.67 Å². The van der Waals surface area contributed by atoms with E-state index in [0.29, 0.717) is 0 Å². The van der Waals surface area contributed by atoms with Crippen LogP contribution >= 0.6 is 12.2 Å². The summed E-state index contributed by atoms with van der Waals surface area (Å²) in [5.41, 5.74) is -3.63. The molecular formula is C13H13F3N2O2S. The highest BCUT2D eigenvalue weighted by Gasteiger charge is 2.46. The monoisotopic (exact) mass is 318 g/mol. The second-order valence-electron chi connectivity index (χ2n) is 5.31. The molecule has 2 atom stereocenters. The first-order valence-corrected chi connectivity index (χ1v) is 6.65. The molecule has 1 aromatic carbocycles. The van der Waals surface area contributed by atoms with E-state index in [1.165, 1.54) is 0 Å². The zero-order chi connectivity index (χ0) is 15.8. The fourth-order valence-corrected chi connectivity index (χ4v) is 2.75. The Kier molecular flexibility index (Phi) is 3.92. The van der Waals surface area contributed by atoms with Gasteiger partial charge < -0.3 is 5.32 Å². The summed E-state index contributed by atoms with van der Waals surface area (Å²) in [5.74, 6) is -0.662. The minimum atomic E-state index is -2.26. The average molecular weight is 318 g/mol. The van der Waals surface area contributed by atoms with Crippen LogP contribution in [-0.2, 0) is 5.54 Å². The molecule has 1 aliphatic heterocycles. The lowest BCUT2D eigenvalue weighted by Gasteiger charge is -2.42. The Hall–Kier alpha value is -1.70. The molecule has 1 heterocycles. The Morgan fingerprint density at radius 3 is 2.67 bits per heavy atom. The molecule has 21 heavy (non-hydrogen) atoms. The number of hydrogen-bond acceptors (Lipinski definition) is 3. The third kappa shape index (κ3) is 2.72. The molecule has 1 aliphatic rings. The van der Waals surface area contributed by atoms with Gasteiger partial charge in [0.2, 0.25) is 0 Å². The highest BCUT2D eigenvalue weighted by Crippen LogP contribution is 2.38. The van der Waals surface area contributed by atoms with E-state index in [1.807, 2.05) is 0 Å². The lowest BCUT2D eigenvalue weighted by Crippen LogP contribution is -2.57. The Morgan fingerprint density at radius 2 is 2.14 bits per heavy atom. The zero-order valence-electron chi connectivity index (χ0n) is 11.2. The SMILES string of the molecule is C[C@@]1(c2cc([N+](=O)[O-])ccc2F)CC[C@](F)(CF)C(=S)N1. The van der Waals surface area contributed by atoms with Crippen LogP contribution in [0.25, 0.3) is 0 Å². The van der Waals surface area contributed by atoms with Gasteiger partial charge in [0, 0.05) is 17.7 Å². The van der Waals surface area contributed by atoms with Gasteiger partial charge in [-0.2, -0.15) is 0 Å². The van der Waals surface area contributed by atoms with E-state index in [9.17, 15) is 23.3 Å². The predicted molar refractivity (Wildman–Crippen MR) is 75.2 cm³/mol. The minimum Gasteiger partial charge on any atom is -0.368 e. The lowest BCUT2D eigenvalue weighted by atomic mass is 9.79. The summed E-state index contributed by atoms with van der Waals surface area (Å²) in [7, 11) is 0. The second-order valence-corrected chi connectivity index (χ2v) is 5.71. The number of thiocarbonyl (C=S) groups is 1. The molecule has 0 aliphatic carbocycles. The number of halogens is 3. The predicted octanol–water partition coefficient (Wildman–Crippen LogP) is 3.34. The first-order chi connectivity index (χ1) is 9.72. The van der Waals surface area contributed by atoms with Crippen molar-refractivity contribution in [1.82, 2.24) is 5.32 Å². The maximum atomic E-state index is 14.1. The van der Waals surface area contributed by atoms with Crippen LogP contribution in [0.4, 0.5) is 18.9 Å². The summed E-state index contributed by atoms with van der Waals surface area (Å²) in [4.78, 5) is 9.81. The molecule has 0 unspecified atom stereocenters. The van der Waals surface area contributed by atoms with Crippen molar-refractivity contribution < 1.29 is 18.1 Å². The van der Waals surface area contributed by atoms with Gasteiger partial charge in [-0.15, -0.1) is 0 Å². The highest BCUT2D eigenvalue weighted by molar-refractivity contribution is 7.80. The second kappa shape index (κ2) is 5.25. The number of benzene rings is 1. The lowest BCUT2D eigenvalue weighted by molar-refractivity contribution is -0.385. The van der Waals surface area contributed by atoms with E-state index >= 15 is 0 Å². The van der Waals surface area contributed by atoms with Crippen LogP contribution in [0.3, 0.4) is 0 Å². The maximum Gasteiger partial charge on any atom is 0.269 e. The van der Waals surface area contributed by atoms with Gasteiger partial charge in [-0.3, -0.25) is 10.1 Å². The largest absolute Gasteiger partial charge is 0.368 e. The van der Waals surface area contributed by atoms with Crippen molar-refractivity contribution >= 4 is 22.9 Å². The van der Waals surface area contributed by atoms with Crippen LogP contribution in [-0.4, -0.2) is 22.3 Å². The number of nitro groups is 1. The molecule has 0 radical (unpaired) electrons. The standard InChI is InChI=1S/C13H13F3N2O2S/c1-12(4-5-13(16,7-14)11(21)17-12)9-6-8(18(19)20)2-3-10(9)15/h2-3,6H,4-5,7H2,1H3,(H,17,21)/t12-,13-/m0/s1. The van der Waals surface area contributed by atoms with E-state index in [2.05, 4.69) is 5.32 Å². The molecule has 1 saturated heterocycles. The van der Waals surface area contributed by atoms with E-state index in [1.54, 1.807) is 6.92 Å². The topological polar surface area (TPSA) is 55.2 Å². The Balaban J connectivity index is 2.40. The van der Waals surface area contributed by atoms with Gasteiger partial charge in [0.15, 0.2) is 5.67 Å². The van der Waals surface area contributed by atoms with Crippen molar-refractivity contribution in [3.63, 3.8) is 0 Å². The molecule has 0 bridgehead atoms. The third-order valence-corrected chi connectivity index (χ3v) is 4.25. The van der Waals surface area contributed by atoms with Crippen LogP contribution in [0.2, 0.25) is 0 Å². The molecule has 1 N–H and O–H groups in total. The van der Waals surface area contributed by atoms with E-state index < -0.39 is 28.6 Å². The molecule has 0 aromatic heterocycles. The van der Waals surface area contributed by atoms with Crippen LogP contribution in [0.1, 0.15) is 25.3 Å². The average Bonchev–Trinajstić information content (AvgIpc) is 2.43. The Bertz CT molecular complexity index is 613. The summed E-state index contributed by atoms with van der Waals surface area (Å²) in [6.07, 6.45) is -0.153. The molecule has 0 saturated carbocycles. The summed E-state index contributed by atoms with van der Waals surface area (Å²) in [6.45, 7) is 0.297. The molecule has 114 valence electrons. The quantitative estimate of drug-likeness (QED) is 0.527. The van der Waals surface area contributed by atoms with Crippen LogP contribution < -0.4 is 5.32 Å². The van der Waals surface area contributed by atoms with Crippen molar-refractivity contribution in [3.8, 4) is 0 Å². The van der Waals surface area contributed by atoms with Gasteiger partial charge in [-0.05, 0) is 25.8 Å². The van der Waals surface area contributed by atoms with Gasteiger partial charge in [-0.25, -0.2) is 13.2 Å². The third-order valence-electron chi connectivity index (χ3n) is 3.78. The number of non-ortho nitro benzene ring substituents is 1. The number of piperidine rings is 1. The fourth-order valence-electron chi connectivity index (χ4n) is 2.37.